The first-order valence-electron chi connectivity index (χ1n) is 7.95. The van der Waals surface area contributed by atoms with E-state index in [0.29, 0.717) is 18.5 Å². The number of aliphatic hydroxyl groups excluding tert-OH is 1. The monoisotopic (exact) mass is 324 g/mol. The molecule has 0 bridgehead atoms. The number of benzene rings is 1. The van der Waals surface area contributed by atoms with E-state index < -0.39 is 0 Å². The summed E-state index contributed by atoms with van der Waals surface area (Å²) in [6.45, 7) is 2.24. The van der Waals surface area contributed by atoms with E-state index in [1.54, 1.807) is 12.3 Å². The van der Waals surface area contributed by atoms with Crippen molar-refractivity contribution in [3.63, 3.8) is 0 Å². The maximum atomic E-state index is 12.6. The van der Waals surface area contributed by atoms with E-state index >= 15 is 0 Å². The minimum Gasteiger partial charge on any atom is -0.469 e. The van der Waals surface area contributed by atoms with Gasteiger partial charge in [0.25, 0.3) is 5.91 Å². The highest BCUT2D eigenvalue weighted by Crippen LogP contribution is 2.18. The third kappa shape index (κ3) is 3.63. The molecule has 2 heterocycles. The Kier molecular flexibility index (Phi) is 4.91. The Morgan fingerprint density at radius 3 is 2.88 bits per heavy atom. The standard InChI is InChI=1S/C19H20N2O3/c1-13-9-17(16-6-2-3-7-18(16)21-13)19(23)20-11-14(12-22)10-15-5-4-8-24-15/h2-9,14,22H,10-12H2,1H3,(H,20,23). The molecule has 1 aromatic carbocycles. The average Bonchev–Trinajstić information content (AvgIpc) is 3.10. The minimum atomic E-state index is -0.158. The van der Waals surface area contributed by atoms with Crippen LogP contribution in [0.2, 0.25) is 0 Å². The molecule has 0 aliphatic heterocycles. The molecule has 0 saturated heterocycles. The molecular formula is C19H20N2O3. The van der Waals surface area contributed by atoms with Gasteiger partial charge in [-0.15, -0.1) is 0 Å². The number of aryl methyl sites for hydroxylation is 1. The van der Waals surface area contributed by atoms with Crippen LogP contribution in [0.3, 0.4) is 0 Å². The average molecular weight is 324 g/mol. The topological polar surface area (TPSA) is 75.4 Å². The van der Waals surface area contributed by atoms with Crippen LogP contribution < -0.4 is 5.32 Å². The quantitative estimate of drug-likeness (QED) is 0.731. The van der Waals surface area contributed by atoms with Gasteiger partial charge in [0.15, 0.2) is 0 Å². The third-order valence-electron chi connectivity index (χ3n) is 3.97. The summed E-state index contributed by atoms with van der Waals surface area (Å²) in [4.78, 5) is 17.0. The van der Waals surface area contributed by atoms with Crippen LogP contribution in [0.1, 0.15) is 21.8 Å². The van der Waals surface area contributed by atoms with Gasteiger partial charge in [-0.05, 0) is 31.2 Å². The number of aliphatic hydroxyl groups is 1. The first-order valence-corrected chi connectivity index (χ1v) is 7.95. The number of nitrogens with zero attached hydrogens (tertiary/aromatic N) is 1. The van der Waals surface area contributed by atoms with Gasteiger partial charge in [0.05, 0.1) is 17.3 Å². The van der Waals surface area contributed by atoms with E-state index in [-0.39, 0.29) is 18.4 Å². The second kappa shape index (κ2) is 7.27. The number of hydrogen-bond acceptors (Lipinski definition) is 4. The normalized spacial score (nSPS) is 12.2. The lowest BCUT2D eigenvalue weighted by molar-refractivity contribution is 0.0940. The molecule has 124 valence electrons. The van der Waals surface area contributed by atoms with Gasteiger partial charge >= 0.3 is 0 Å². The molecule has 0 aliphatic rings. The van der Waals surface area contributed by atoms with Gasteiger partial charge in [0.1, 0.15) is 5.76 Å². The summed E-state index contributed by atoms with van der Waals surface area (Å²) in [6, 6.07) is 13.1. The van der Waals surface area contributed by atoms with Crippen molar-refractivity contribution in [2.75, 3.05) is 13.2 Å². The largest absolute Gasteiger partial charge is 0.469 e. The molecule has 0 aliphatic carbocycles. The van der Waals surface area contributed by atoms with E-state index in [4.69, 9.17) is 4.42 Å². The fraction of sp³-hybridized carbons (Fsp3) is 0.263. The minimum absolute atomic E-state index is 0.0168. The third-order valence-corrected chi connectivity index (χ3v) is 3.97. The number of hydrogen-bond donors (Lipinski definition) is 2. The number of para-hydroxylation sites is 1. The lowest BCUT2D eigenvalue weighted by Crippen LogP contribution is -2.32. The molecule has 1 unspecified atom stereocenters. The Bertz CT molecular complexity index is 828. The molecular weight excluding hydrogens is 304 g/mol. The summed E-state index contributed by atoms with van der Waals surface area (Å²) in [5.41, 5.74) is 2.21. The van der Waals surface area contributed by atoms with Crippen LogP contribution >= 0.6 is 0 Å². The van der Waals surface area contributed by atoms with Crippen molar-refractivity contribution in [1.29, 1.82) is 0 Å². The van der Waals surface area contributed by atoms with Crippen LogP contribution in [0, 0.1) is 12.8 Å². The van der Waals surface area contributed by atoms with Gasteiger partial charge in [-0.1, -0.05) is 18.2 Å². The Morgan fingerprint density at radius 1 is 1.29 bits per heavy atom. The summed E-state index contributed by atoms with van der Waals surface area (Å²) in [7, 11) is 0. The summed E-state index contributed by atoms with van der Waals surface area (Å²) < 4.78 is 5.30. The van der Waals surface area contributed by atoms with Crippen LogP contribution in [0.15, 0.2) is 53.1 Å². The predicted molar refractivity (Wildman–Crippen MR) is 91.8 cm³/mol. The van der Waals surface area contributed by atoms with Gasteiger partial charge < -0.3 is 14.8 Å². The van der Waals surface area contributed by atoms with E-state index in [9.17, 15) is 9.90 Å². The molecule has 0 radical (unpaired) electrons. The molecule has 5 heteroatoms. The Morgan fingerprint density at radius 2 is 2.12 bits per heavy atom. The molecule has 2 N–H and O–H groups in total. The summed E-state index contributed by atoms with van der Waals surface area (Å²) in [5, 5.41) is 13.3. The lowest BCUT2D eigenvalue weighted by Gasteiger charge is -2.15. The van der Waals surface area contributed by atoms with Gasteiger partial charge in [-0.2, -0.15) is 0 Å². The van der Waals surface area contributed by atoms with Gasteiger partial charge in [0, 0.05) is 36.6 Å². The molecule has 2 aromatic heterocycles. The van der Waals surface area contributed by atoms with Crippen molar-refractivity contribution in [3.8, 4) is 0 Å². The Hall–Kier alpha value is -2.66. The van der Waals surface area contributed by atoms with Crippen molar-refractivity contribution >= 4 is 16.8 Å². The molecule has 5 nitrogen and oxygen atoms in total. The maximum Gasteiger partial charge on any atom is 0.252 e. The Labute approximate surface area is 140 Å². The lowest BCUT2D eigenvalue weighted by atomic mass is 10.0. The zero-order chi connectivity index (χ0) is 16.9. The van der Waals surface area contributed by atoms with Gasteiger partial charge in [-0.25, -0.2) is 0 Å². The molecule has 24 heavy (non-hydrogen) atoms. The SMILES string of the molecule is Cc1cc(C(=O)NCC(CO)Cc2ccco2)c2ccccc2n1. The molecule has 1 amide bonds. The van der Waals surface area contributed by atoms with Crippen LogP contribution in [0.5, 0.6) is 0 Å². The molecule has 0 spiro atoms. The second-order valence-electron chi connectivity index (χ2n) is 5.87. The number of pyridine rings is 1. The number of nitrogens with one attached hydrogen (secondary N) is 1. The fourth-order valence-corrected chi connectivity index (χ4v) is 2.74. The number of aromatic nitrogens is 1. The van der Waals surface area contributed by atoms with Gasteiger partial charge in [-0.3, -0.25) is 9.78 Å². The fourth-order valence-electron chi connectivity index (χ4n) is 2.74. The Balaban J connectivity index is 1.73. The van der Waals surface area contributed by atoms with E-state index in [2.05, 4.69) is 10.3 Å². The predicted octanol–water partition coefficient (Wildman–Crippen LogP) is 2.72. The summed E-state index contributed by atoms with van der Waals surface area (Å²) in [6.07, 6.45) is 2.19. The molecule has 0 fully saturated rings. The molecule has 3 aromatic rings. The second-order valence-corrected chi connectivity index (χ2v) is 5.87. The summed E-state index contributed by atoms with van der Waals surface area (Å²) >= 11 is 0. The van der Waals surface area contributed by atoms with Crippen LogP contribution in [0.4, 0.5) is 0 Å². The van der Waals surface area contributed by atoms with E-state index in [1.807, 2.05) is 43.3 Å². The maximum absolute atomic E-state index is 12.6. The van der Waals surface area contributed by atoms with Crippen molar-refractivity contribution < 1.29 is 14.3 Å². The van der Waals surface area contributed by atoms with Gasteiger partial charge in [0.2, 0.25) is 0 Å². The van der Waals surface area contributed by atoms with Crippen molar-refractivity contribution in [2.24, 2.45) is 5.92 Å². The summed E-state index contributed by atoms with van der Waals surface area (Å²) in [5.74, 6) is 0.553. The number of carbonyl (C=O) groups excluding carboxylic acids is 1. The highest BCUT2D eigenvalue weighted by atomic mass is 16.3. The van der Waals surface area contributed by atoms with E-state index in [0.717, 1.165) is 22.4 Å². The van der Waals surface area contributed by atoms with Crippen LogP contribution in [-0.2, 0) is 6.42 Å². The number of rotatable bonds is 6. The molecule has 3 rings (SSSR count). The zero-order valence-corrected chi connectivity index (χ0v) is 13.5. The zero-order valence-electron chi connectivity index (χ0n) is 13.5. The number of amides is 1. The first-order chi connectivity index (χ1) is 11.7. The number of fused-ring (bicyclic) bond motifs is 1. The molecule has 0 saturated carbocycles. The number of carbonyl (C=O) groups is 1. The molecule has 1 atom stereocenters. The van der Waals surface area contributed by atoms with Crippen molar-refractivity contribution in [1.82, 2.24) is 10.3 Å². The first kappa shape index (κ1) is 16.2. The highest BCUT2D eigenvalue weighted by Gasteiger charge is 2.15. The smallest absolute Gasteiger partial charge is 0.252 e. The van der Waals surface area contributed by atoms with Crippen molar-refractivity contribution in [3.05, 3.63) is 65.7 Å². The van der Waals surface area contributed by atoms with Crippen molar-refractivity contribution in [2.45, 2.75) is 13.3 Å². The highest BCUT2D eigenvalue weighted by molar-refractivity contribution is 6.06. The van der Waals surface area contributed by atoms with Crippen LogP contribution in [0.25, 0.3) is 10.9 Å². The van der Waals surface area contributed by atoms with Crippen LogP contribution in [-0.4, -0.2) is 29.1 Å². The number of furan rings is 1. The van der Waals surface area contributed by atoms with E-state index in [1.165, 1.54) is 0 Å².